The third kappa shape index (κ3) is 1.35. The maximum atomic E-state index is 7.08. The highest BCUT2D eigenvalue weighted by Gasteiger charge is 2.00. The van der Waals surface area contributed by atoms with Gasteiger partial charge < -0.3 is 5.73 Å². The lowest BCUT2D eigenvalue weighted by Gasteiger charge is -2.05. The molecule has 3 N–H and O–H groups in total. The first-order chi connectivity index (χ1) is 4.70. The number of nitrogens with one attached hydrogen (secondary N) is 1. The van der Waals surface area contributed by atoms with Crippen LogP contribution in [0, 0.1) is 5.41 Å². The molecule has 0 atom stereocenters. The number of allylic oxidation sites excluding steroid dienone is 3. The van der Waals surface area contributed by atoms with E-state index in [0.29, 0.717) is 0 Å². The Morgan fingerprint density at radius 3 is 2.70 bits per heavy atom. The molecule has 1 aliphatic rings. The van der Waals surface area contributed by atoms with Crippen molar-refractivity contribution in [2.24, 2.45) is 5.73 Å². The maximum Gasteiger partial charge on any atom is 0.122 e. The Hall–Kier alpha value is -1.31. The molecule has 0 saturated carbocycles. The van der Waals surface area contributed by atoms with Gasteiger partial charge in [0.1, 0.15) is 5.84 Å². The fourth-order valence-electron chi connectivity index (χ4n) is 0.784. The zero-order valence-corrected chi connectivity index (χ0v) is 5.72. The van der Waals surface area contributed by atoms with Gasteiger partial charge in [-0.05, 0) is 6.42 Å². The summed E-state index contributed by atoms with van der Waals surface area (Å²) >= 11 is 0. The fraction of sp³-hybridized carbons (Fsp3) is 0.125. The molecule has 0 aromatic rings. The highest BCUT2D eigenvalue weighted by atomic mass is 14.7. The van der Waals surface area contributed by atoms with Gasteiger partial charge in [-0.1, -0.05) is 30.4 Å². The van der Waals surface area contributed by atoms with E-state index in [1.807, 2.05) is 18.2 Å². The van der Waals surface area contributed by atoms with Gasteiger partial charge in [0, 0.05) is 5.57 Å². The van der Waals surface area contributed by atoms with Crippen molar-refractivity contribution in [3.63, 3.8) is 0 Å². The van der Waals surface area contributed by atoms with Crippen molar-refractivity contribution < 1.29 is 0 Å². The molecule has 0 saturated heterocycles. The van der Waals surface area contributed by atoms with Gasteiger partial charge in [0.2, 0.25) is 0 Å². The number of hydrogen-bond donors (Lipinski definition) is 2. The van der Waals surface area contributed by atoms with Crippen LogP contribution in [0.5, 0.6) is 0 Å². The predicted molar refractivity (Wildman–Crippen MR) is 42.9 cm³/mol. The van der Waals surface area contributed by atoms with Crippen molar-refractivity contribution in [3.8, 4) is 0 Å². The molecule has 10 heavy (non-hydrogen) atoms. The van der Waals surface area contributed by atoms with Crippen LogP contribution in [0.4, 0.5) is 0 Å². The quantitative estimate of drug-likeness (QED) is 0.413. The average Bonchev–Trinajstić information content (AvgIpc) is 1.88. The number of rotatable bonds is 1. The molecule has 0 spiro atoms. The van der Waals surface area contributed by atoms with Crippen LogP contribution in [-0.4, -0.2) is 5.84 Å². The summed E-state index contributed by atoms with van der Waals surface area (Å²) in [7, 11) is 0. The van der Waals surface area contributed by atoms with Gasteiger partial charge >= 0.3 is 0 Å². The lowest BCUT2D eigenvalue weighted by molar-refractivity contribution is 1.25. The van der Waals surface area contributed by atoms with E-state index in [1.54, 1.807) is 0 Å². The highest BCUT2D eigenvalue weighted by Crippen LogP contribution is 2.12. The molecule has 0 aromatic heterocycles. The Kier molecular flexibility index (Phi) is 1.71. The van der Waals surface area contributed by atoms with Gasteiger partial charge in [-0.3, -0.25) is 5.41 Å². The molecule has 1 rings (SSSR count). The minimum absolute atomic E-state index is 0.128. The van der Waals surface area contributed by atoms with Crippen molar-refractivity contribution in [2.45, 2.75) is 6.42 Å². The first kappa shape index (κ1) is 6.81. The fourth-order valence-corrected chi connectivity index (χ4v) is 0.784. The van der Waals surface area contributed by atoms with Crippen LogP contribution in [0.25, 0.3) is 0 Å². The van der Waals surface area contributed by atoms with Gasteiger partial charge in [0.05, 0.1) is 0 Å². The van der Waals surface area contributed by atoms with Crippen molar-refractivity contribution >= 4 is 5.84 Å². The third-order valence-corrected chi connectivity index (χ3v) is 1.39. The standard InChI is InChI=1S/C8H10N2/c1-6-2-4-7(5-3-6)8(9)10/h2,4-5H,1,3H2,(H3,9,10). The molecule has 0 amide bonds. The Bertz CT molecular complexity index is 234. The predicted octanol–water partition coefficient (Wildman–Crippen LogP) is 1.36. The number of nitrogens with two attached hydrogens (primary N) is 1. The van der Waals surface area contributed by atoms with E-state index in [-0.39, 0.29) is 5.84 Å². The minimum atomic E-state index is 0.128. The summed E-state index contributed by atoms with van der Waals surface area (Å²) in [6.45, 7) is 3.77. The molecular formula is C8H10N2. The van der Waals surface area contributed by atoms with Crippen molar-refractivity contribution in [3.05, 3.63) is 36.0 Å². The van der Waals surface area contributed by atoms with Gasteiger partial charge in [0.25, 0.3) is 0 Å². The molecule has 2 heteroatoms. The van der Waals surface area contributed by atoms with Crippen LogP contribution in [-0.2, 0) is 0 Å². The smallest absolute Gasteiger partial charge is 0.122 e. The second-order valence-electron chi connectivity index (χ2n) is 2.27. The Balaban J connectivity index is 2.77. The summed E-state index contributed by atoms with van der Waals surface area (Å²) in [5, 5.41) is 7.08. The molecule has 2 nitrogen and oxygen atoms in total. The monoisotopic (exact) mass is 134 g/mol. The van der Waals surface area contributed by atoms with Gasteiger partial charge in [-0.15, -0.1) is 0 Å². The second-order valence-corrected chi connectivity index (χ2v) is 2.27. The van der Waals surface area contributed by atoms with Gasteiger partial charge in [-0.25, -0.2) is 0 Å². The van der Waals surface area contributed by atoms with Crippen molar-refractivity contribution in [2.75, 3.05) is 0 Å². The Morgan fingerprint density at radius 1 is 1.60 bits per heavy atom. The highest BCUT2D eigenvalue weighted by molar-refractivity contribution is 5.97. The molecule has 0 aliphatic heterocycles. The van der Waals surface area contributed by atoms with E-state index < -0.39 is 0 Å². The second kappa shape index (κ2) is 2.52. The Labute approximate surface area is 60.2 Å². The van der Waals surface area contributed by atoms with Crippen LogP contribution in [0.15, 0.2) is 36.0 Å². The molecule has 0 aromatic carbocycles. The Morgan fingerprint density at radius 2 is 2.30 bits per heavy atom. The lowest BCUT2D eigenvalue weighted by atomic mass is 10.0. The van der Waals surface area contributed by atoms with Gasteiger partial charge in [0.15, 0.2) is 0 Å². The van der Waals surface area contributed by atoms with Crippen molar-refractivity contribution in [1.29, 1.82) is 5.41 Å². The third-order valence-electron chi connectivity index (χ3n) is 1.39. The van der Waals surface area contributed by atoms with Crippen LogP contribution in [0.2, 0.25) is 0 Å². The van der Waals surface area contributed by atoms with E-state index in [4.69, 9.17) is 11.1 Å². The molecule has 0 radical (unpaired) electrons. The van der Waals surface area contributed by atoms with Crippen LogP contribution in [0.1, 0.15) is 6.42 Å². The molecule has 52 valence electrons. The van der Waals surface area contributed by atoms with Crippen LogP contribution >= 0.6 is 0 Å². The largest absolute Gasteiger partial charge is 0.384 e. The van der Waals surface area contributed by atoms with Gasteiger partial charge in [-0.2, -0.15) is 0 Å². The molecule has 0 fully saturated rings. The summed E-state index contributed by atoms with van der Waals surface area (Å²) < 4.78 is 0. The van der Waals surface area contributed by atoms with E-state index in [9.17, 15) is 0 Å². The number of amidine groups is 1. The summed E-state index contributed by atoms with van der Waals surface area (Å²) in [5.41, 5.74) is 7.11. The summed E-state index contributed by atoms with van der Waals surface area (Å²) in [6.07, 6.45) is 6.42. The average molecular weight is 134 g/mol. The summed E-state index contributed by atoms with van der Waals surface area (Å²) in [4.78, 5) is 0. The molecular weight excluding hydrogens is 124 g/mol. The van der Waals surface area contributed by atoms with Crippen LogP contribution < -0.4 is 5.73 Å². The first-order valence-corrected chi connectivity index (χ1v) is 3.10. The number of hydrogen-bond acceptors (Lipinski definition) is 1. The van der Waals surface area contributed by atoms with Crippen molar-refractivity contribution in [1.82, 2.24) is 0 Å². The lowest BCUT2D eigenvalue weighted by Crippen LogP contribution is -2.12. The van der Waals surface area contributed by atoms with E-state index in [1.165, 1.54) is 0 Å². The first-order valence-electron chi connectivity index (χ1n) is 3.10. The van der Waals surface area contributed by atoms with Crippen LogP contribution in [0.3, 0.4) is 0 Å². The zero-order valence-electron chi connectivity index (χ0n) is 5.72. The summed E-state index contributed by atoms with van der Waals surface area (Å²) in [5.74, 6) is 0.128. The van der Waals surface area contributed by atoms with E-state index in [0.717, 1.165) is 17.6 Å². The molecule has 0 bridgehead atoms. The normalized spacial score (nSPS) is 16.8. The maximum absolute atomic E-state index is 7.08. The minimum Gasteiger partial charge on any atom is -0.384 e. The zero-order chi connectivity index (χ0) is 7.56. The summed E-state index contributed by atoms with van der Waals surface area (Å²) in [6, 6.07) is 0. The topological polar surface area (TPSA) is 49.9 Å². The molecule has 1 aliphatic carbocycles. The molecule has 0 unspecified atom stereocenters. The van der Waals surface area contributed by atoms with E-state index >= 15 is 0 Å². The SMILES string of the molecule is C=C1C=CC(C(=N)N)=CC1. The van der Waals surface area contributed by atoms with E-state index in [2.05, 4.69) is 6.58 Å². The molecule has 0 heterocycles.